The van der Waals surface area contributed by atoms with Crippen molar-refractivity contribution < 1.29 is 9.84 Å². The fraction of sp³-hybridized carbons (Fsp3) is 0.571. The van der Waals surface area contributed by atoms with E-state index in [4.69, 9.17) is 4.74 Å². The van der Waals surface area contributed by atoms with Crippen LogP contribution < -0.4 is 10.1 Å². The van der Waals surface area contributed by atoms with E-state index in [0.717, 1.165) is 24.8 Å². The van der Waals surface area contributed by atoms with E-state index in [-0.39, 0.29) is 11.4 Å². The summed E-state index contributed by atoms with van der Waals surface area (Å²) in [6.45, 7) is 4.27. The lowest BCUT2D eigenvalue weighted by Gasteiger charge is -2.41. The Morgan fingerprint density at radius 2 is 2.29 bits per heavy atom. The van der Waals surface area contributed by atoms with E-state index in [1.54, 1.807) is 6.07 Å². The predicted octanol–water partition coefficient (Wildman–Crippen LogP) is 2.47. The summed E-state index contributed by atoms with van der Waals surface area (Å²) < 4.78 is 6.08. The van der Waals surface area contributed by atoms with E-state index >= 15 is 0 Å². The van der Waals surface area contributed by atoms with Crippen LogP contribution >= 0.6 is 0 Å². The summed E-state index contributed by atoms with van der Waals surface area (Å²) in [5.74, 6) is 0.911. The number of aryl methyl sites for hydroxylation is 1. The maximum absolute atomic E-state index is 9.87. The normalized spacial score (nSPS) is 24.9. The Kier molecular flexibility index (Phi) is 3.29. The first-order valence-corrected chi connectivity index (χ1v) is 6.28. The van der Waals surface area contributed by atoms with Crippen LogP contribution in [-0.2, 0) is 6.42 Å². The fourth-order valence-electron chi connectivity index (χ4n) is 2.74. The maximum Gasteiger partial charge on any atom is 0.165 e. The summed E-state index contributed by atoms with van der Waals surface area (Å²) in [7, 11) is 1.96. The third-order valence-electron chi connectivity index (χ3n) is 3.80. The summed E-state index contributed by atoms with van der Waals surface area (Å²) in [4.78, 5) is 0. The highest BCUT2D eigenvalue weighted by Crippen LogP contribution is 2.40. The highest BCUT2D eigenvalue weighted by atomic mass is 16.5. The standard InChI is InChI=1S/C14H21NO2/c1-4-12(15-3)14(2)9-8-10-6-5-7-11(16)13(10)17-14/h5-7,12,15-16H,4,8-9H2,1-3H3. The van der Waals surface area contributed by atoms with Crippen LogP contribution in [0.5, 0.6) is 11.5 Å². The van der Waals surface area contributed by atoms with E-state index in [9.17, 15) is 5.11 Å². The second kappa shape index (κ2) is 4.57. The molecule has 2 rings (SSSR count). The number of para-hydroxylation sites is 1. The monoisotopic (exact) mass is 235 g/mol. The number of phenols is 1. The minimum absolute atomic E-state index is 0.241. The van der Waals surface area contributed by atoms with Crippen molar-refractivity contribution in [1.82, 2.24) is 5.32 Å². The zero-order valence-corrected chi connectivity index (χ0v) is 10.8. The smallest absolute Gasteiger partial charge is 0.165 e. The molecule has 1 aliphatic heterocycles. The summed E-state index contributed by atoms with van der Waals surface area (Å²) in [6, 6.07) is 5.88. The molecule has 0 saturated carbocycles. The number of rotatable bonds is 3. The van der Waals surface area contributed by atoms with Crippen LogP contribution in [-0.4, -0.2) is 23.8 Å². The number of likely N-dealkylation sites (N-methyl/N-ethyl adjacent to an activating group) is 1. The van der Waals surface area contributed by atoms with Gasteiger partial charge in [-0.3, -0.25) is 0 Å². The molecule has 0 fully saturated rings. The number of benzene rings is 1. The average Bonchev–Trinajstić information content (AvgIpc) is 2.32. The van der Waals surface area contributed by atoms with Crippen molar-refractivity contribution in [2.45, 2.75) is 44.8 Å². The molecule has 3 nitrogen and oxygen atoms in total. The number of aromatic hydroxyl groups is 1. The SMILES string of the molecule is CCC(NC)C1(C)CCc2cccc(O)c2O1. The molecule has 2 atom stereocenters. The van der Waals surface area contributed by atoms with Gasteiger partial charge in [-0.2, -0.15) is 0 Å². The van der Waals surface area contributed by atoms with Gasteiger partial charge in [0.15, 0.2) is 11.5 Å². The van der Waals surface area contributed by atoms with Gasteiger partial charge in [0.25, 0.3) is 0 Å². The lowest BCUT2D eigenvalue weighted by Crippen LogP contribution is -2.53. The second-order valence-corrected chi connectivity index (χ2v) is 4.93. The number of nitrogens with one attached hydrogen (secondary N) is 1. The molecule has 0 amide bonds. The molecule has 3 heteroatoms. The molecule has 2 N–H and O–H groups in total. The average molecular weight is 235 g/mol. The van der Waals surface area contributed by atoms with E-state index in [0.29, 0.717) is 11.8 Å². The van der Waals surface area contributed by atoms with E-state index < -0.39 is 0 Å². The summed E-state index contributed by atoms with van der Waals surface area (Å²) in [5.41, 5.74) is 0.864. The van der Waals surface area contributed by atoms with Crippen LogP contribution in [0.3, 0.4) is 0 Å². The van der Waals surface area contributed by atoms with E-state index in [1.165, 1.54) is 0 Å². The van der Waals surface area contributed by atoms with Gasteiger partial charge in [0.05, 0.1) is 0 Å². The van der Waals surface area contributed by atoms with Gasteiger partial charge in [-0.25, -0.2) is 0 Å². The van der Waals surface area contributed by atoms with Gasteiger partial charge >= 0.3 is 0 Å². The van der Waals surface area contributed by atoms with Crippen LogP contribution in [0.1, 0.15) is 32.3 Å². The molecule has 0 spiro atoms. The molecule has 1 heterocycles. The fourth-order valence-corrected chi connectivity index (χ4v) is 2.74. The first-order valence-electron chi connectivity index (χ1n) is 6.28. The maximum atomic E-state index is 9.87. The Balaban J connectivity index is 2.31. The van der Waals surface area contributed by atoms with Gasteiger partial charge in [-0.1, -0.05) is 19.1 Å². The van der Waals surface area contributed by atoms with Crippen LogP contribution in [0, 0.1) is 0 Å². The van der Waals surface area contributed by atoms with Crippen LogP contribution in [0.2, 0.25) is 0 Å². The molecule has 94 valence electrons. The van der Waals surface area contributed by atoms with Crippen molar-refractivity contribution in [3.05, 3.63) is 23.8 Å². The Hall–Kier alpha value is -1.22. The van der Waals surface area contributed by atoms with Crippen molar-refractivity contribution in [3.63, 3.8) is 0 Å². The molecule has 17 heavy (non-hydrogen) atoms. The third kappa shape index (κ3) is 2.12. The van der Waals surface area contributed by atoms with Gasteiger partial charge in [0, 0.05) is 6.04 Å². The van der Waals surface area contributed by atoms with Gasteiger partial charge in [-0.05, 0) is 44.9 Å². The molecule has 0 bridgehead atoms. The predicted molar refractivity (Wildman–Crippen MR) is 68.6 cm³/mol. The van der Waals surface area contributed by atoms with Gasteiger partial charge < -0.3 is 15.2 Å². The topological polar surface area (TPSA) is 41.5 Å². The molecule has 1 aromatic carbocycles. The van der Waals surface area contributed by atoms with Crippen molar-refractivity contribution in [1.29, 1.82) is 0 Å². The minimum atomic E-state index is -0.241. The lowest BCUT2D eigenvalue weighted by molar-refractivity contribution is 0.0240. The summed E-state index contributed by atoms with van der Waals surface area (Å²) >= 11 is 0. The summed E-state index contributed by atoms with van der Waals surface area (Å²) in [5, 5.41) is 13.2. The molecule has 0 aromatic heterocycles. The first kappa shape index (κ1) is 12.2. The number of hydrogen-bond donors (Lipinski definition) is 2. The minimum Gasteiger partial charge on any atom is -0.504 e. The number of phenolic OH excluding ortho intramolecular Hbond substituents is 1. The van der Waals surface area contributed by atoms with Crippen LogP contribution in [0.15, 0.2) is 18.2 Å². The van der Waals surface area contributed by atoms with Crippen molar-refractivity contribution in [2.75, 3.05) is 7.05 Å². The van der Waals surface area contributed by atoms with Crippen LogP contribution in [0.25, 0.3) is 0 Å². The van der Waals surface area contributed by atoms with Gasteiger partial charge in [0.1, 0.15) is 5.60 Å². The van der Waals surface area contributed by atoms with Gasteiger partial charge in [0.2, 0.25) is 0 Å². The largest absolute Gasteiger partial charge is 0.504 e. The Labute approximate surface area is 103 Å². The van der Waals surface area contributed by atoms with Gasteiger partial charge in [-0.15, -0.1) is 0 Å². The molecular weight excluding hydrogens is 214 g/mol. The Morgan fingerprint density at radius 3 is 2.94 bits per heavy atom. The van der Waals surface area contributed by atoms with Crippen molar-refractivity contribution >= 4 is 0 Å². The van der Waals surface area contributed by atoms with Crippen molar-refractivity contribution in [2.24, 2.45) is 0 Å². The van der Waals surface area contributed by atoms with Crippen molar-refractivity contribution in [3.8, 4) is 11.5 Å². The molecule has 0 saturated heterocycles. The number of fused-ring (bicyclic) bond motifs is 1. The third-order valence-corrected chi connectivity index (χ3v) is 3.80. The zero-order valence-electron chi connectivity index (χ0n) is 10.8. The van der Waals surface area contributed by atoms with E-state index in [1.807, 2.05) is 19.2 Å². The molecule has 0 aliphatic carbocycles. The Morgan fingerprint density at radius 1 is 1.53 bits per heavy atom. The highest BCUT2D eigenvalue weighted by Gasteiger charge is 2.38. The molecular formula is C14H21NO2. The molecule has 0 radical (unpaired) electrons. The highest BCUT2D eigenvalue weighted by molar-refractivity contribution is 5.47. The quantitative estimate of drug-likeness (QED) is 0.845. The molecule has 1 aliphatic rings. The lowest BCUT2D eigenvalue weighted by atomic mass is 9.85. The summed E-state index contributed by atoms with van der Waals surface area (Å²) in [6.07, 6.45) is 2.94. The second-order valence-electron chi connectivity index (χ2n) is 4.93. The molecule has 2 unspecified atom stereocenters. The zero-order chi connectivity index (χ0) is 12.5. The molecule has 1 aromatic rings. The number of ether oxygens (including phenoxy) is 1. The number of hydrogen-bond acceptors (Lipinski definition) is 3. The first-order chi connectivity index (χ1) is 8.10. The Bertz CT molecular complexity index is 401. The van der Waals surface area contributed by atoms with Crippen LogP contribution in [0.4, 0.5) is 0 Å². The van der Waals surface area contributed by atoms with E-state index in [2.05, 4.69) is 19.2 Å².